The Balaban J connectivity index is 1.25. The molecule has 10 aromatic rings. The quantitative estimate of drug-likeness (QED) is 0.185. The van der Waals surface area contributed by atoms with Crippen molar-refractivity contribution in [1.29, 1.82) is 0 Å². The Hall–Kier alpha value is -6.18. The van der Waals surface area contributed by atoms with Gasteiger partial charge in [-0.05, 0) is 83.5 Å². The van der Waals surface area contributed by atoms with Crippen molar-refractivity contribution in [2.75, 3.05) is 0 Å². The first-order valence-corrected chi connectivity index (χ1v) is 16.2. The zero-order valence-corrected chi connectivity index (χ0v) is 25.6. The molecule has 0 N–H and O–H groups in total. The molecule has 0 aliphatic heterocycles. The molecule has 0 saturated carbocycles. The van der Waals surface area contributed by atoms with Crippen molar-refractivity contribution in [3.63, 3.8) is 0 Å². The lowest BCUT2D eigenvalue weighted by atomic mass is 9.85. The van der Waals surface area contributed by atoms with Crippen molar-refractivity contribution in [3.05, 3.63) is 170 Å². The minimum atomic E-state index is 0.918. The molecular weight excluding hydrogens is 569 g/mol. The van der Waals surface area contributed by atoms with Gasteiger partial charge in [-0.25, -0.2) is 0 Å². The first-order chi connectivity index (χ1) is 23.3. The predicted octanol–water partition coefficient (Wildman–Crippen LogP) is 13.2. The Morgan fingerprint density at radius 3 is 1.64 bits per heavy atom. The second kappa shape index (κ2) is 10.2. The van der Waals surface area contributed by atoms with Crippen molar-refractivity contribution in [2.24, 2.45) is 0 Å². The van der Waals surface area contributed by atoms with E-state index in [1.54, 1.807) is 0 Å². The smallest absolute Gasteiger partial charge is 0.143 e. The van der Waals surface area contributed by atoms with Crippen LogP contribution in [0.5, 0.6) is 0 Å². The van der Waals surface area contributed by atoms with Crippen LogP contribution in [0.2, 0.25) is 0 Å². The Morgan fingerprint density at radius 1 is 0.319 bits per heavy atom. The van der Waals surface area contributed by atoms with Gasteiger partial charge >= 0.3 is 0 Å². The highest BCUT2D eigenvalue weighted by Gasteiger charge is 2.21. The highest BCUT2D eigenvalue weighted by Crippen LogP contribution is 2.47. The highest BCUT2D eigenvalue weighted by molar-refractivity contribution is 6.26. The zero-order valence-electron chi connectivity index (χ0n) is 25.6. The summed E-state index contributed by atoms with van der Waals surface area (Å²) in [5, 5.41) is 12.2. The van der Waals surface area contributed by atoms with Crippen molar-refractivity contribution >= 4 is 65.0 Å². The van der Waals surface area contributed by atoms with Gasteiger partial charge in [0.25, 0.3) is 0 Å². The van der Waals surface area contributed by atoms with Gasteiger partial charge < -0.3 is 4.42 Å². The van der Waals surface area contributed by atoms with Gasteiger partial charge in [-0.3, -0.25) is 0 Å². The molecular formula is C46H28O. The molecule has 9 aromatic carbocycles. The summed E-state index contributed by atoms with van der Waals surface area (Å²) in [5.74, 6) is 0. The largest absolute Gasteiger partial charge is 0.455 e. The maximum Gasteiger partial charge on any atom is 0.143 e. The van der Waals surface area contributed by atoms with Gasteiger partial charge in [0, 0.05) is 21.9 Å². The van der Waals surface area contributed by atoms with Crippen LogP contribution in [0.3, 0.4) is 0 Å². The van der Waals surface area contributed by atoms with E-state index in [9.17, 15) is 0 Å². The summed E-state index contributed by atoms with van der Waals surface area (Å²) in [7, 11) is 0. The lowest BCUT2D eigenvalue weighted by Gasteiger charge is -2.18. The van der Waals surface area contributed by atoms with E-state index in [1.165, 1.54) is 76.3 Å². The molecule has 0 aliphatic carbocycles. The monoisotopic (exact) mass is 596 g/mol. The fourth-order valence-corrected chi connectivity index (χ4v) is 7.72. The van der Waals surface area contributed by atoms with E-state index in [1.807, 2.05) is 0 Å². The van der Waals surface area contributed by atoms with Gasteiger partial charge in [-0.1, -0.05) is 152 Å². The maximum absolute atomic E-state index is 6.75. The van der Waals surface area contributed by atoms with Crippen LogP contribution >= 0.6 is 0 Å². The zero-order chi connectivity index (χ0) is 30.9. The number of fused-ring (bicyclic) bond motifs is 8. The van der Waals surface area contributed by atoms with E-state index < -0.39 is 0 Å². The fourth-order valence-electron chi connectivity index (χ4n) is 7.72. The van der Waals surface area contributed by atoms with Crippen LogP contribution in [0.15, 0.2) is 174 Å². The first kappa shape index (κ1) is 26.1. The number of para-hydroxylation sites is 1. The summed E-state index contributed by atoms with van der Waals surface area (Å²) in [4.78, 5) is 0. The fraction of sp³-hybridized carbons (Fsp3) is 0. The van der Waals surface area contributed by atoms with Crippen molar-refractivity contribution in [1.82, 2.24) is 0 Å². The third-order valence-electron chi connectivity index (χ3n) is 9.82. The normalized spacial score (nSPS) is 11.8. The average Bonchev–Trinajstić information content (AvgIpc) is 3.53. The summed E-state index contributed by atoms with van der Waals surface area (Å²) in [5.41, 5.74) is 9.08. The molecule has 0 unspecified atom stereocenters. The van der Waals surface area contributed by atoms with E-state index >= 15 is 0 Å². The van der Waals surface area contributed by atoms with Crippen LogP contribution in [-0.2, 0) is 0 Å². The van der Waals surface area contributed by atoms with Gasteiger partial charge in [0.2, 0.25) is 0 Å². The number of rotatable bonds is 3. The molecule has 1 heterocycles. The van der Waals surface area contributed by atoms with Crippen molar-refractivity contribution in [3.8, 4) is 33.4 Å². The molecule has 0 radical (unpaired) electrons. The minimum absolute atomic E-state index is 0.918. The van der Waals surface area contributed by atoms with E-state index in [2.05, 4.69) is 170 Å². The summed E-state index contributed by atoms with van der Waals surface area (Å²) < 4.78 is 6.75. The van der Waals surface area contributed by atoms with Crippen molar-refractivity contribution < 1.29 is 4.42 Å². The van der Waals surface area contributed by atoms with Crippen LogP contribution in [0.25, 0.3) is 98.4 Å². The van der Waals surface area contributed by atoms with Crippen LogP contribution in [0.4, 0.5) is 0 Å². The molecule has 0 bridgehead atoms. The topological polar surface area (TPSA) is 13.1 Å². The SMILES string of the molecule is c1cc(-c2ccc3ccccc3c2)cc(-c2c3ccccc3c(-c3cccc4c3oc3ccc5ccccc5c34)c3ccccc23)c1. The Labute approximate surface area is 271 Å². The lowest BCUT2D eigenvalue weighted by Crippen LogP contribution is -1.91. The molecule has 0 saturated heterocycles. The third kappa shape index (κ3) is 3.97. The number of furan rings is 1. The van der Waals surface area contributed by atoms with E-state index in [-0.39, 0.29) is 0 Å². The lowest BCUT2D eigenvalue weighted by molar-refractivity contribution is 0.670. The van der Waals surface area contributed by atoms with E-state index in [0.29, 0.717) is 0 Å². The second-order valence-electron chi connectivity index (χ2n) is 12.4. The van der Waals surface area contributed by atoms with Gasteiger partial charge in [-0.15, -0.1) is 0 Å². The molecule has 1 aromatic heterocycles. The molecule has 0 atom stereocenters. The molecule has 0 amide bonds. The molecule has 10 rings (SSSR count). The standard InChI is InChI=1S/C46H28O/c1-2-13-31-27-33(24-23-29(31)11-1)32-14-9-15-34(28-32)43-36-17-5-7-19-38(36)44(39-20-8-6-18-37(39)43)40-21-10-22-41-45-35-16-4-3-12-30(35)25-26-42(45)47-46(40)41/h1-28H. The van der Waals surface area contributed by atoms with Gasteiger partial charge in [0.05, 0.1) is 0 Å². The molecule has 0 aliphatic rings. The third-order valence-corrected chi connectivity index (χ3v) is 9.82. The predicted molar refractivity (Wildman–Crippen MR) is 200 cm³/mol. The number of hydrogen-bond donors (Lipinski definition) is 0. The van der Waals surface area contributed by atoms with E-state index in [4.69, 9.17) is 4.42 Å². The molecule has 0 spiro atoms. The summed E-state index contributed by atoms with van der Waals surface area (Å²) in [6.45, 7) is 0. The van der Waals surface area contributed by atoms with Gasteiger partial charge in [-0.2, -0.15) is 0 Å². The number of hydrogen-bond acceptors (Lipinski definition) is 1. The van der Waals surface area contributed by atoms with E-state index in [0.717, 1.165) is 22.1 Å². The minimum Gasteiger partial charge on any atom is -0.455 e. The van der Waals surface area contributed by atoms with Gasteiger partial charge in [0.15, 0.2) is 0 Å². The summed E-state index contributed by atoms with van der Waals surface area (Å²) >= 11 is 0. The molecule has 1 nitrogen and oxygen atoms in total. The van der Waals surface area contributed by atoms with Crippen LogP contribution in [-0.4, -0.2) is 0 Å². The Bertz CT molecular complexity index is 2800. The Morgan fingerprint density at radius 2 is 0.872 bits per heavy atom. The first-order valence-electron chi connectivity index (χ1n) is 16.2. The highest BCUT2D eigenvalue weighted by atomic mass is 16.3. The summed E-state index contributed by atoms with van der Waals surface area (Å²) in [6.07, 6.45) is 0. The molecule has 47 heavy (non-hydrogen) atoms. The number of benzene rings is 9. The molecule has 0 fully saturated rings. The van der Waals surface area contributed by atoms with Crippen LogP contribution < -0.4 is 0 Å². The van der Waals surface area contributed by atoms with Crippen LogP contribution in [0.1, 0.15) is 0 Å². The van der Waals surface area contributed by atoms with Crippen LogP contribution in [0, 0.1) is 0 Å². The molecule has 218 valence electrons. The van der Waals surface area contributed by atoms with Crippen molar-refractivity contribution in [2.45, 2.75) is 0 Å². The Kier molecular flexibility index (Phi) is 5.64. The molecule has 1 heteroatoms. The maximum atomic E-state index is 6.75. The van der Waals surface area contributed by atoms with Gasteiger partial charge in [0.1, 0.15) is 11.2 Å². The average molecular weight is 597 g/mol. The summed E-state index contributed by atoms with van der Waals surface area (Å²) in [6, 6.07) is 61.5. The second-order valence-corrected chi connectivity index (χ2v) is 12.4.